The monoisotopic (exact) mass is 223 g/mol. The smallest absolute Gasteiger partial charge is 0.160 e. The fourth-order valence-corrected chi connectivity index (χ4v) is 1.80. The molecule has 88 valence electrons. The number of phenols is 1. The molecule has 1 heterocycles. The van der Waals surface area contributed by atoms with E-state index in [1.807, 2.05) is 6.07 Å². The van der Waals surface area contributed by atoms with Crippen molar-refractivity contribution in [3.05, 3.63) is 23.8 Å². The van der Waals surface area contributed by atoms with E-state index in [0.29, 0.717) is 11.8 Å². The third-order valence-electron chi connectivity index (χ3n) is 2.77. The molecule has 4 heteroatoms. The summed E-state index contributed by atoms with van der Waals surface area (Å²) in [5.41, 5.74) is 1.05. The van der Waals surface area contributed by atoms with E-state index in [9.17, 15) is 5.11 Å². The van der Waals surface area contributed by atoms with Gasteiger partial charge in [-0.1, -0.05) is 6.07 Å². The molecule has 1 aliphatic rings. The first-order valence-corrected chi connectivity index (χ1v) is 5.46. The van der Waals surface area contributed by atoms with Gasteiger partial charge in [0, 0.05) is 19.2 Å². The van der Waals surface area contributed by atoms with Gasteiger partial charge in [-0.3, -0.25) is 0 Å². The molecular weight excluding hydrogens is 206 g/mol. The normalized spacial score (nSPS) is 19.9. The summed E-state index contributed by atoms with van der Waals surface area (Å²) < 4.78 is 10.3. The van der Waals surface area contributed by atoms with Crippen molar-refractivity contribution in [1.29, 1.82) is 0 Å². The lowest BCUT2D eigenvalue weighted by molar-refractivity contribution is 0.190. The summed E-state index contributed by atoms with van der Waals surface area (Å²) in [6, 6.07) is 5.88. The molecule has 1 aromatic carbocycles. The molecule has 1 unspecified atom stereocenters. The van der Waals surface area contributed by atoms with E-state index in [1.165, 1.54) is 0 Å². The lowest BCUT2D eigenvalue weighted by atomic mass is 10.2. The van der Waals surface area contributed by atoms with Crippen LogP contribution in [0.3, 0.4) is 0 Å². The summed E-state index contributed by atoms with van der Waals surface area (Å²) in [6.07, 6.45) is 1.06. The number of rotatable bonds is 4. The minimum atomic E-state index is 0.185. The molecule has 2 rings (SSSR count). The lowest BCUT2D eigenvalue weighted by Gasteiger charge is -2.11. The van der Waals surface area contributed by atoms with Crippen LogP contribution in [0.5, 0.6) is 11.5 Å². The molecule has 2 N–H and O–H groups in total. The number of phenolic OH excluding ortho intramolecular Hbond substituents is 1. The molecular formula is C12H17NO3. The predicted octanol–water partition coefficient (Wildman–Crippen LogP) is 1.28. The molecule has 1 aromatic rings. The van der Waals surface area contributed by atoms with E-state index in [4.69, 9.17) is 9.47 Å². The summed E-state index contributed by atoms with van der Waals surface area (Å²) in [5, 5.41) is 13.0. The maximum Gasteiger partial charge on any atom is 0.160 e. The summed E-state index contributed by atoms with van der Waals surface area (Å²) >= 11 is 0. The van der Waals surface area contributed by atoms with Gasteiger partial charge in [0.25, 0.3) is 0 Å². The zero-order valence-corrected chi connectivity index (χ0v) is 9.40. The van der Waals surface area contributed by atoms with Crippen molar-refractivity contribution in [2.45, 2.75) is 19.0 Å². The van der Waals surface area contributed by atoms with E-state index in [0.717, 1.165) is 31.7 Å². The average Bonchev–Trinajstić information content (AvgIpc) is 2.79. The van der Waals surface area contributed by atoms with Gasteiger partial charge >= 0.3 is 0 Å². The summed E-state index contributed by atoms with van der Waals surface area (Å²) in [5.74, 6) is 0.692. The van der Waals surface area contributed by atoms with Gasteiger partial charge in [0.05, 0.1) is 13.7 Å². The van der Waals surface area contributed by atoms with Crippen LogP contribution in [0, 0.1) is 0 Å². The summed E-state index contributed by atoms with van der Waals surface area (Å²) in [7, 11) is 1.54. The Labute approximate surface area is 95.2 Å². The molecule has 0 bridgehead atoms. The van der Waals surface area contributed by atoms with Crippen molar-refractivity contribution >= 4 is 0 Å². The number of nitrogens with one attached hydrogen (secondary N) is 1. The van der Waals surface area contributed by atoms with Crippen molar-refractivity contribution in [1.82, 2.24) is 5.32 Å². The maximum absolute atomic E-state index is 9.61. The van der Waals surface area contributed by atoms with E-state index in [2.05, 4.69) is 5.32 Å². The highest BCUT2D eigenvalue weighted by Crippen LogP contribution is 2.26. The number of hydrogen-bond acceptors (Lipinski definition) is 4. The molecule has 1 saturated heterocycles. The molecule has 0 amide bonds. The van der Waals surface area contributed by atoms with E-state index < -0.39 is 0 Å². The van der Waals surface area contributed by atoms with Gasteiger partial charge < -0.3 is 19.9 Å². The first-order chi connectivity index (χ1) is 7.79. The van der Waals surface area contributed by atoms with Crippen LogP contribution in [0.15, 0.2) is 18.2 Å². The highest BCUT2D eigenvalue weighted by Gasteiger charge is 2.14. The highest BCUT2D eigenvalue weighted by molar-refractivity contribution is 5.41. The van der Waals surface area contributed by atoms with Crippen molar-refractivity contribution < 1.29 is 14.6 Å². The molecule has 1 aliphatic heterocycles. The number of methoxy groups -OCH3 is 1. The van der Waals surface area contributed by atoms with Gasteiger partial charge in [-0.25, -0.2) is 0 Å². The number of ether oxygens (including phenoxy) is 2. The fourth-order valence-electron chi connectivity index (χ4n) is 1.80. The number of benzene rings is 1. The highest BCUT2D eigenvalue weighted by atomic mass is 16.5. The molecule has 1 atom stereocenters. The zero-order chi connectivity index (χ0) is 11.4. The van der Waals surface area contributed by atoms with Gasteiger partial charge in [0.1, 0.15) is 0 Å². The van der Waals surface area contributed by atoms with Crippen LogP contribution in [-0.4, -0.2) is 31.5 Å². The van der Waals surface area contributed by atoms with Crippen LogP contribution in [0.2, 0.25) is 0 Å². The SMILES string of the molecule is COc1ccc(CNC2CCOC2)cc1O. The van der Waals surface area contributed by atoms with E-state index in [1.54, 1.807) is 19.2 Å². The largest absolute Gasteiger partial charge is 0.504 e. The molecule has 1 fully saturated rings. The zero-order valence-electron chi connectivity index (χ0n) is 9.40. The van der Waals surface area contributed by atoms with Gasteiger partial charge in [0.2, 0.25) is 0 Å². The van der Waals surface area contributed by atoms with Crippen molar-refractivity contribution in [2.75, 3.05) is 20.3 Å². The Balaban J connectivity index is 1.91. The Morgan fingerprint density at radius 3 is 3.06 bits per heavy atom. The first-order valence-electron chi connectivity index (χ1n) is 5.46. The van der Waals surface area contributed by atoms with Crippen LogP contribution >= 0.6 is 0 Å². The second-order valence-electron chi connectivity index (χ2n) is 3.95. The van der Waals surface area contributed by atoms with Crippen LogP contribution in [-0.2, 0) is 11.3 Å². The number of hydrogen-bond donors (Lipinski definition) is 2. The van der Waals surface area contributed by atoms with Crippen LogP contribution in [0.25, 0.3) is 0 Å². The third kappa shape index (κ3) is 2.65. The first kappa shape index (κ1) is 11.2. The predicted molar refractivity (Wildman–Crippen MR) is 60.7 cm³/mol. The lowest BCUT2D eigenvalue weighted by Crippen LogP contribution is -2.28. The molecule has 0 spiro atoms. The minimum absolute atomic E-state index is 0.185. The Hall–Kier alpha value is -1.26. The minimum Gasteiger partial charge on any atom is -0.504 e. The van der Waals surface area contributed by atoms with Gasteiger partial charge in [-0.2, -0.15) is 0 Å². The molecule has 0 aliphatic carbocycles. The Bertz CT molecular complexity index is 348. The number of aromatic hydroxyl groups is 1. The van der Waals surface area contributed by atoms with E-state index >= 15 is 0 Å². The van der Waals surface area contributed by atoms with E-state index in [-0.39, 0.29) is 5.75 Å². The van der Waals surface area contributed by atoms with Crippen LogP contribution < -0.4 is 10.1 Å². The quantitative estimate of drug-likeness (QED) is 0.807. The molecule has 4 nitrogen and oxygen atoms in total. The molecule has 0 radical (unpaired) electrons. The Morgan fingerprint density at radius 1 is 1.56 bits per heavy atom. The van der Waals surface area contributed by atoms with Crippen LogP contribution in [0.1, 0.15) is 12.0 Å². The molecule has 0 aromatic heterocycles. The second kappa shape index (κ2) is 5.18. The van der Waals surface area contributed by atoms with Crippen molar-refractivity contribution in [3.8, 4) is 11.5 Å². The van der Waals surface area contributed by atoms with Gasteiger partial charge in [-0.05, 0) is 24.1 Å². The summed E-state index contributed by atoms with van der Waals surface area (Å²) in [4.78, 5) is 0. The van der Waals surface area contributed by atoms with Gasteiger partial charge in [-0.15, -0.1) is 0 Å². The standard InChI is InChI=1S/C12H17NO3/c1-15-12-3-2-9(6-11(12)14)7-13-10-4-5-16-8-10/h2-3,6,10,13-14H,4-5,7-8H2,1H3. The Kier molecular flexibility index (Phi) is 3.64. The maximum atomic E-state index is 9.61. The molecule has 0 saturated carbocycles. The Morgan fingerprint density at radius 2 is 2.44 bits per heavy atom. The van der Waals surface area contributed by atoms with Crippen molar-refractivity contribution in [3.63, 3.8) is 0 Å². The van der Waals surface area contributed by atoms with Crippen molar-refractivity contribution in [2.24, 2.45) is 0 Å². The second-order valence-corrected chi connectivity index (χ2v) is 3.95. The van der Waals surface area contributed by atoms with Gasteiger partial charge in [0.15, 0.2) is 11.5 Å². The third-order valence-corrected chi connectivity index (χ3v) is 2.77. The summed E-state index contributed by atoms with van der Waals surface area (Å²) in [6.45, 7) is 2.36. The van der Waals surface area contributed by atoms with Crippen LogP contribution in [0.4, 0.5) is 0 Å². The topological polar surface area (TPSA) is 50.7 Å². The molecule has 16 heavy (non-hydrogen) atoms. The fraction of sp³-hybridized carbons (Fsp3) is 0.500. The average molecular weight is 223 g/mol.